The molecule has 4 heteroatoms. The summed E-state index contributed by atoms with van der Waals surface area (Å²) in [7, 11) is 1.87. The second-order valence-electron chi connectivity index (χ2n) is 3.19. The first kappa shape index (κ1) is 9.92. The van der Waals surface area contributed by atoms with Crippen molar-refractivity contribution in [1.29, 1.82) is 0 Å². The quantitative estimate of drug-likeness (QED) is 0.692. The first-order valence-electron chi connectivity index (χ1n) is 4.43. The molecule has 0 aromatic carbocycles. The summed E-state index contributed by atoms with van der Waals surface area (Å²) in [4.78, 5) is 0. The van der Waals surface area contributed by atoms with Crippen LogP contribution in [0.25, 0.3) is 0 Å². The van der Waals surface area contributed by atoms with Gasteiger partial charge in [0.25, 0.3) is 0 Å². The molecule has 0 unspecified atom stereocenters. The van der Waals surface area contributed by atoms with Gasteiger partial charge >= 0.3 is 0 Å². The summed E-state index contributed by atoms with van der Waals surface area (Å²) < 4.78 is 1.71. The highest BCUT2D eigenvalue weighted by molar-refractivity contribution is 5.09. The van der Waals surface area contributed by atoms with Gasteiger partial charge in [-0.25, -0.2) is 0 Å². The van der Waals surface area contributed by atoms with Crippen LogP contribution in [0.15, 0.2) is 17.8 Å². The minimum atomic E-state index is 0.706. The van der Waals surface area contributed by atoms with E-state index in [1.807, 2.05) is 13.2 Å². The summed E-state index contributed by atoms with van der Waals surface area (Å²) in [6.45, 7) is 2.79. The van der Waals surface area contributed by atoms with Crippen LogP contribution >= 0.6 is 0 Å². The van der Waals surface area contributed by atoms with E-state index in [0.29, 0.717) is 6.54 Å². The zero-order valence-electron chi connectivity index (χ0n) is 8.20. The van der Waals surface area contributed by atoms with Crippen molar-refractivity contribution in [3.8, 4) is 0 Å². The summed E-state index contributed by atoms with van der Waals surface area (Å²) in [6.07, 6.45) is 5.88. The minimum Gasteiger partial charge on any atom is -0.330 e. The Morgan fingerprint density at radius 2 is 2.46 bits per heavy atom. The molecule has 0 bridgehead atoms. The van der Waals surface area contributed by atoms with E-state index in [0.717, 1.165) is 18.5 Å². The molecule has 0 saturated heterocycles. The lowest BCUT2D eigenvalue weighted by Crippen LogP contribution is -1.96. The van der Waals surface area contributed by atoms with Gasteiger partial charge in [-0.3, -0.25) is 4.68 Å². The molecule has 13 heavy (non-hydrogen) atoms. The minimum absolute atomic E-state index is 0.706. The van der Waals surface area contributed by atoms with Gasteiger partial charge in [0.1, 0.15) is 0 Å². The zero-order valence-corrected chi connectivity index (χ0v) is 8.20. The average molecular weight is 180 g/mol. The highest BCUT2D eigenvalue weighted by Gasteiger charge is 1.98. The Balaban J connectivity index is 2.49. The molecule has 0 spiro atoms. The fourth-order valence-electron chi connectivity index (χ4n) is 1.16. The molecule has 72 valence electrons. The van der Waals surface area contributed by atoms with Crippen LogP contribution in [0.1, 0.15) is 19.0 Å². The zero-order chi connectivity index (χ0) is 9.68. The monoisotopic (exact) mass is 180 g/mol. The molecular formula is C9H16N4. The molecule has 0 aliphatic heterocycles. The maximum atomic E-state index is 5.40. The molecule has 4 nitrogen and oxygen atoms in total. The lowest BCUT2D eigenvalue weighted by atomic mass is 10.1. The molecule has 0 radical (unpaired) electrons. The predicted molar refractivity (Wildman–Crippen MR) is 52.1 cm³/mol. The van der Waals surface area contributed by atoms with Crippen molar-refractivity contribution in [2.75, 3.05) is 6.54 Å². The topological polar surface area (TPSA) is 56.7 Å². The summed E-state index contributed by atoms with van der Waals surface area (Å²) >= 11 is 0. The van der Waals surface area contributed by atoms with Crippen molar-refractivity contribution in [2.45, 2.75) is 19.8 Å². The molecule has 1 rings (SSSR count). The Bertz CT molecular complexity index is 288. The summed E-state index contributed by atoms with van der Waals surface area (Å²) in [5.41, 5.74) is 7.70. The molecule has 0 fully saturated rings. The van der Waals surface area contributed by atoms with Gasteiger partial charge in [-0.05, 0) is 19.9 Å². The third-order valence-corrected chi connectivity index (χ3v) is 1.77. The van der Waals surface area contributed by atoms with Crippen LogP contribution in [0.2, 0.25) is 0 Å². The van der Waals surface area contributed by atoms with Gasteiger partial charge in [0.15, 0.2) is 0 Å². The number of allylic oxidation sites excluding steroid dienone is 1. The predicted octanol–water partition coefficient (Wildman–Crippen LogP) is 0.653. The Morgan fingerprint density at radius 3 is 3.00 bits per heavy atom. The van der Waals surface area contributed by atoms with Gasteiger partial charge < -0.3 is 5.73 Å². The number of aryl methyl sites for hydroxylation is 1. The van der Waals surface area contributed by atoms with Crippen LogP contribution in [0, 0.1) is 0 Å². The van der Waals surface area contributed by atoms with Gasteiger partial charge in [-0.1, -0.05) is 16.9 Å². The van der Waals surface area contributed by atoms with Gasteiger partial charge in [0.2, 0.25) is 0 Å². The van der Waals surface area contributed by atoms with E-state index in [1.165, 1.54) is 5.57 Å². The average Bonchev–Trinajstić information content (AvgIpc) is 2.48. The maximum absolute atomic E-state index is 5.40. The smallest absolute Gasteiger partial charge is 0.0867 e. The molecule has 0 aliphatic rings. The van der Waals surface area contributed by atoms with E-state index in [4.69, 9.17) is 5.73 Å². The third kappa shape index (κ3) is 3.38. The van der Waals surface area contributed by atoms with Crippen molar-refractivity contribution >= 4 is 0 Å². The lowest BCUT2D eigenvalue weighted by Gasteiger charge is -1.95. The Morgan fingerprint density at radius 1 is 1.69 bits per heavy atom. The molecule has 0 saturated carbocycles. The molecule has 1 aromatic heterocycles. The summed E-state index contributed by atoms with van der Waals surface area (Å²) in [6, 6.07) is 0. The fourth-order valence-corrected chi connectivity index (χ4v) is 1.16. The number of aromatic nitrogens is 3. The number of rotatable bonds is 4. The molecule has 0 atom stereocenters. The van der Waals surface area contributed by atoms with Gasteiger partial charge in [0.05, 0.1) is 5.69 Å². The molecule has 1 heterocycles. The highest BCUT2D eigenvalue weighted by atomic mass is 15.4. The number of nitrogens with zero attached hydrogens (tertiary/aromatic N) is 3. The first-order chi connectivity index (χ1) is 6.22. The Kier molecular flexibility index (Phi) is 3.64. The number of hydrogen-bond acceptors (Lipinski definition) is 3. The number of nitrogens with two attached hydrogens (primary N) is 1. The van der Waals surface area contributed by atoms with Crippen LogP contribution < -0.4 is 5.73 Å². The molecule has 1 aromatic rings. The van der Waals surface area contributed by atoms with Crippen LogP contribution in [-0.2, 0) is 13.5 Å². The molecular weight excluding hydrogens is 164 g/mol. The van der Waals surface area contributed by atoms with E-state index in [1.54, 1.807) is 4.68 Å². The number of hydrogen-bond donors (Lipinski definition) is 1. The first-order valence-corrected chi connectivity index (χ1v) is 4.43. The SMILES string of the molecule is CC(=CCCN)Cc1cn(C)nn1. The normalized spacial score (nSPS) is 12.1. The van der Waals surface area contributed by atoms with Gasteiger partial charge in [0, 0.05) is 19.7 Å². The van der Waals surface area contributed by atoms with Gasteiger partial charge in [-0.15, -0.1) is 5.10 Å². The summed E-state index contributed by atoms with van der Waals surface area (Å²) in [5, 5.41) is 7.87. The van der Waals surface area contributed by atoms with Crippen molar-refractivity contribution in [2.24, 2.45) is 12.8 Å². The second kappa shape index (κ2) is 4.77. The maximum Gasteiger partial charge on any atom is 0.0867 e. The Labute approximate surface area is 78.4 Å². The van der Waals surface area contributed by atoms with Crippen LogP contribution in [-0.4, -0.2) is 21.5 Å². The fraction of sp³-hybridized carbons (Fsp3) is 0.556. The van der Waals surface area contributed by atoms with Crippen LogP contribution in [0.3, 0.4) is 0 Å². The molecule has 0 amide bonds. The van der Waals surface area contributed by atoms with E-state index in [9.17, 15) is 0 Å². The summed E-state index contributed by atoms with van der Waals surface area (Å²) in [5.74, 6) is 0. The Hall–Kier alpha value is -1.16. The van der Waals surface area contributed by atoms with E-state index < -0.39 is 0 Å². The van der Waals surface area contributed by atoms with E-state index in [-0.39, 0.29) is 0 Å². The second-order valence-corrected chi connectivity index (χ2v) is 3.19. The van der Waals surface area contributed by atoms with E-state index in [2.05, 4.69) is 23.3 Å². The van der Waals surface area contributed by atoms with Crippen molar-refractivity contribution in [3.05, 3.63) is 23.5 Å². The van der Waals surface area contributed by atoms with Crippen molar-refractivity contribution < 1.29 is 0 Å². The molecule has 0 aliphatic carbocycles. The van der Waals surface area contributed by atoms with Crippen LogP contribution in [0.5, 0.6) is 0 Å². The van der Waals surface area contributed by atoms with E-state index >= 15 is 0 Å². The lowest BCUT2D eigenvalue weighted by molar-refractivity contribution is 0.713. The van der Waals surface area contributed by atoms with Crippen molar-refractivity contribution in [1.82, 2.24) is 15.0 Å². The van der Waals surface area contributed by atoms with Gasteiger partial charge in [-0.2, -0.15) is 0 Å². The van der Waals surface area contributed by atoms with Crippen molar-refractivity contribution in [3.63, 3.8) is 0 Å². The molecule has 2 N–H and O–H groups in total. The third-order valence-electron chi connectivity index (χ3n) is 1.77. The highest BCUT2D eigenvalue weighted by Crippen LogP contribution is 2.03. The standard InChI is InChI=1S/C9H16N4/c1-8(4-3-5-10)6-9-7-13(2)12-11-9/h4,7H,3,5-6,10H2,1-2H3. The van der Waals surface area contributed by atoms with Crippen LogP contribution in [0.4, 0.5) is 0 Å². The largest absolute Gasteiger partial charge is 0.330 e.